The van der Waals surface area contributed by atoms with Crippen molar-refractivity contribution < 1.29 is 4.42 Å². The number of hydrogen-bond acceptors (Lipinski definition) is 3. The largest absolute Gasteiger partial charge is 0.466 e. The first kappa shape index (κ1) is 14.6. The number of hydrogen-bond donors (Lipinski definition) is 1. The molecule has 0 bridgehead atoms. The second-order valence-corrected chi connectivity index (χ2v) is 8.66. The van der Waals surface area contributed by atoms with E-state index in [0.717, 1.165) is 11.5 Å². The van der Waals surface area contributed by atoms with E-state index in [-0.39, 0.29) is 0 Å². The zero-order valence-electron chi connectivity index (χ0n) is 12.1. The standard InChI is InChI=1S/C16H20INOS/c1-9-7-12(11(3)19-9)10(2)18-14-5-4-6-15-13(14)8-16(17)20-15/h7-8,10,14,18H,4-6H2,1-3H3. The van der Waals surface area contributed by atoms with Gasteiger partial charge >= 0.3 is 0 Å². The van der Waals surface area contributed by atoms with E-state index >= 15 is 0 Å². The summed E-state index contributed by atoms with van der Waals surface area (Å²) in [5, 5.41) is 3.80. The van der Waals surface area contributed by atoms with E-state index < -0.39 is 0 Å². The van der Waals surface area contributed by atoms with Gasteiger partial charge < -0.3 is 9.73 Å². The maximum absolute atomic E-state index is 5.66. The van der Waals surface area contributed by atoms with Crippen LogP contribution in [0.25, 0.3) is 0 Å². The Balaban J connectivity index is 1.80. The van der Waals surface area contributed by atoms with Crippen molar-refractivity contribution in [2.24, 2.45) is 0 Å². The van der Waals surface area contributed by atoms with Gasteiger partial charge in [0.25, 0.3) is 0 Å². The summed E-state index contributed by atoms with van der Waals surface area (Å²) in [5.41, 5.74) is 2.81. The Morgan fingerprint density at radius 3 is 2.90 bits per heavy atom. The molecule has 0 amide bonds. The highest BCUT2D eigenvalue weighted by molar-refractivity contribution is 14.1. The van der Waals surface area contributed by atoms with Gasteiger partial charge in [-0.15, -0.1) is 11.3 Å². The predicted octanol–water partition coefficient (Wildman–Crippen LogP) is 5.29. The lowest BCUT2D eigenvalue weighted by Gasteiger charge is -2.27. The van der Waals surface area contributed by atoms with Crippen molar-refractivity contribution >= 4 is 33.9 Å². The van der Waals surface area contributed by atoms with Gasteiger partial charge in [0.1, 0.15) is 11.5 Å². The van der Waals surface area contributed by atoms with E-state index in [9.17, 15) is 0 Å². The van der Waals surface area contributed by atoms with Gasteiger partial charge in [0.15, 0.2) is 0 Å². The normalized spacial score (nSPS) is 19.9. The molecular weight excluding hydrogens is 381 g/mol. The van der Waals surface area contributed by atoms with E-state index in [4.69, 9.17) is 4.42 Å². The Kier molecular flexibility index (Phi) is 4.24. The fraction of sp³-hybridized carbons (Fsp3) is 0.500. The highest BCUT2D eigenvalue weighted by Gasteiger charge is 2.25. The third-order valence-corrected chi connectivity index (χ3v) is 6.05. The molecule has 2 heterocycles. The quantitative estimate of drug-likeness (QED) is 0.707. The second-order valence-electron chi connectivity index (χ2n) is 5.63. The number of aryl methyl sites for hydroxylation is 3. The first-order valence-corrected chi connectivity index (χ1v) is 9.05. The summed E-state index contributed by atoms with van der Waals surface area (Å²) >= 11 is 4.39. The third kappa shape index (κ3) is 2.83. The van der Waals surface area contributed by atoms with E-state index in [0.29, 0.717) is 12.1 Å². The topological polar surface area (TPSA) is 25.2 Å². The van der Waals surface area contributed by atoms with Crippen LogP contribution in [-0.4, -0.2) is 0 Å². The van der Waals surface area contributed by atoms with Gasteiger partial charge in [0, 0.05) is 22.5 Å². The Labute approximate surface area is 138 Å². The fourth-order valence-corrected chi connectivity index (χ4v) is 5.29. The van der Waals surface area contributed by atoms with Crippen molar-refractivity contribution in [2.75, 3.05) is 0 Å². The van der Waals surface area contributed by atoms with Gasteiger partial charge in [0.05, 0.1) is 2.88 Å². The average molecular weight is 401 g/mol. The molecule has 1 aliphatic rings. The molecule has 0 radical (unpaired) electrons. The van der Waals surface area contributed by atoms with Crippen LogP contribution >= 0.6 is 33.9 Å². The molecule has 0 saturated carbocycles. The monoisotopic (exact) mass is 401 g/mol. The third-order valence-electron chi connectivity index (χ3n) is 4.08. The molecule has 2 aromatic heterocycles. The minimum Gasteiger partial charge on any atom is -0.466 e. The Hall–Kier alpha value is -0.330. The minimum atomic E-state index is 0.334. The summed E-state index contributed by atoms with van der Waals surface area (Å²) in [7, 11) is 0. The summed E-state index contributed by atoms with van der Waals surface area (Å²) < 4.78 is 7.07. The van der Waals surface area contributed by atoms with E-state index in [1.165, 1.54) is 33.3 Å². The summed E-state index contributed by atoms with van der Waals surface area (Å²) in [6.07, 6.45) is 3.77. The predicted molar refractivity (Wildman–Crippen MR) is 92.4 cm³/mol. The number of thiophene rings is 1. The molecule has 1 aliphatic carbocycles. The van der Waals surface area contributed by atoms with Gasteiger partial charge in [-0.1, -0.05) is 0 Å². The molecule has 1 N–H and O–H groups in total. The van der Waals surface area contributed by atoms with Gasteiger partial charge in [-0.2, -0.15) is 0 Å². The molecule has 3 rings (SSSR count). The van der Waals surface area contributed by atoms with Gasteiger partial charge in [-0.05, 0) is 80.3 Å². The van der Waals surface area contributed by atoms with Crippen molar-refractivity contribution in [2.45, 2.75) is 52.1 Å². The number of fused-ring (bicyclic) bond motifs is 1. The fourth-order valence-electron chi connectivity index (χ4n) is 3.17. The highest BCUT2D eigenvalue weighted by atomic mass is 127. The average Bonchev–Trinajstić information content (AvgIpc) is 2.91. The number of nitrogens with one attached hydrogen (secondary N) is 1. The summed E-state index contributed by atoms with van der Waals surface area (Å²) in [5.74, 6) is 2.04. The molecule has 4 heteroatoms. The van der Waals surface area contributed by atoms with Crippen molar-refractivity contribution in [3.05, 3.63) is 42.5 Å². The second kappa shape index (κ2) is 5.81. The highest BCUT2D eigenvalue weighted by Crippen LogP contribution is 2.37. The van der Waals surface area contributed by atoms with Crippen LogP contribution in [0.5, 0.6) is 0 Å². The van der Waals surface area contributed by atoms with Gasteiger partial charge in [-0.3, -0.25) is 0 Å². The minimum absolute atomic E-state index is 0.334. The molecule has 2 unspecified atom stereocenters. The molecule has 2 aromatic rings. The first-order chi connectivity index (χ1) is 9.54. The summed E-state index contributed by atoms with van der Waals surface area (Å²) in [4.78, 5) is 1.57. The van der Waals surface area contributed by atoms with Crippen LogP contribution in [0, 0.1) is 16.7 Å². The Morgan fingerprint density at radius 2 is 2.20 bits per heavy atom. The lowest BCUT2D eigenvalue weighted by atomic mass is 9.93. The van der Waals surface area contributed by atoms with Crippen LogP contribution in [-0.2, 0) is 6.42 Å². The van der Waals surface area contributed by atoms with Crippen LogP contribution in [0.1, 0.15) is 59.4 Å². The first-order valence-electron chi connectivity index (χ1n) is 7.15. The number of rotatable bonds is 3. The maximum atomic E-state index is 5.66. The van der Waals surface area contributed by atoms with E-state index in [1.54, 1.807) is 4.88 Å². The van der Waals surface area contributed by atoms with E-state index in [2.05, 4.69) is 53.9 Å². The molecule has 108 valence electrons. The van der Waals surface area contributed by atoms with E-state index in [1.807, 2.05) is 18.3 Å². The molecule has 0 spiro atoms. The van der Waals surface area contributed by atoms with Gasteiger partial charge in [0.2, 0.25) is 0 Å². The molecule has 0 aliphatic heterocycles. The van der Waals surface area contributed by atoms with Crippen LogP contribution in [0.15, 0.2) is 16.5 Å². The molecule has 0 fully saturated rings. The smallest absolute Gasteiger partial charge is 0.105 e. The molecule has 20 heavy (non-hydrogen) atoms. The Morgan fingerprint density at radius 1 is 1.40 bits per heavy atom. The zero-order chi connectivity index (χ0) is 14.3. The lowest BCUT2D eigenvalue weighted by Crippen LogP contribution is -2.27. The number of furan rings is 1. The molecule has 0 aromatic carbocycles. The molecule has 2 atom stereocenters. The van der Waals surface area contributed by atoms with Crippen molar-refractivity contribution in [1.29, 1.82) is 0 Å². The summed E-state index contributed by atoms with van der Waals surface area (Å²) in [6.45, 7) is 6.31. The molecule has 0 saturated heterocycles. The van der Waals surface area contributed by atoms with Crippen LogP contribution in [0.2, 0.25) is 0 Å². The number of halogens is 1. The summed E-state index contributed by atoms with van der Waals surface area (Å²) in [6, 6.07) is 5.34. The SMILES string of the molecule is Cc1cc(C(C)NC2CCCc3sc(I)cc32)c(C)o1. The van der Waals surface area contributed by atoms with Crippen molar-refractivity contribution in [3.63, 3.8) is 0 Å². The van der Waals surface area contributed by atoms with Crippen LogP contribution in [0.3, 0.4) is 0 Å². The van der Waals surface area contributed by atoms with Crippen molar-refractivity contribution in [3.8, 4) is 0 Å². The molecule has 2 nitrogen and oxygen atoms in total. The van der Waals surface area contributed by atoms with Crippen LogP contribution in [0.4, 0.5) is 0 Å². The lowest BCUT2D eigenvalue weighted by molar-refractivity contribution is 0.412. The van der Waals surface area contributed by atoms with Gasteiger partial charge in [-0.25, -0.2) is 0 Å². The molecular formula is C16H20INOS. The van der Waals surface area contributed by atoms with Crippen LogP contribution < -0.4 is 5.32 Å². The van der Waals surface area contributed by atoms with Crippen molar-refractivity contribution in [1.82, 2.24) is 5.32 Å². The maximum Gasteiger partial charge on any atom is 0.105 e. The zero-order valence-corrected chi connectivity index (χ0v) is 15.1. The Bertz CT molecular complexity index is 616.